The Bertz CT molecular complexity index is 1190. The van der Waals surface area contributed by atoms with Crippen molar-refractivity contribution in [3.63, 3.8) is 0 Å². The van der Waals surface area contributed by atoms with Gasteiger partial charge < -0.3 is 19.3 Å². The first-order valence-corrected chi connectivity index (χ1v) is 10.4. The number of carbonyl (C=O) groups excluding carboxylic acids is 2. The highest BCUT2D eigenvalue weighted by Crippen LogP contribution is 2.40. The summed E-state index contributed by atoms with van der Waals surface area (Å²) < 4.78 is 7.48. The standard InChI is InChI=1S/C24H26N4O4/c1-15-10-11-19(32-15)21-20(23(30)24(31)27(21)13-12-26(3)4)22(29)18-14-25-28(16(18)2)17-8-6-5-7-9-17/h5-11,14,21,29H,12-13H2,1-4H3/b22-20+/t21-/m0/s1. The second-order valence-corrected chi connectivity index (χ2v) is 8.14. The summed E-state index contributed by atoms with van der Waals surface area (Å²) in [6.45, 7) is 4.49. The van der Waals surface area contributed by atoms with Gasteiger partial charge in [-0.3, -0.25) is 9.59 Å². The van der Waals surface area contributed by atoms with Crippen LogP contribution in [0.15, 0.2) is 58.7 Å². The van der Waals surface area contributed by atoms with Crippen LogP contribution in [-0.2, 0) is 9.59 Å². The van der Waals surface area contributed by atoms with Gasteiger partial charge in [0.15, 0.2) is 0 Å². The fraction of sp³-hybridized carbons (Fsp3) is 0.292. The predicted octanol–water partition coefficient (Wildman–Crippen LogP) is 3.07. The molecule has 4 rings (SSSR count). The molecule has 1 aliphatic heterocycles. The third kappa shape index (κ3) is 3.73. The smallest absolute Gasteiger partial charge is 0.295 e. The first kappa shape index (κ1) is 21.6. The van der Waals surface area contributed by atoms with Crippen molar-refractivity contribution in [2.24, 2.45) is 0 Å². The topological polar surface area (TPSA) is 91.8 Å². The first-order chi connectivity index (χ1) is 15.3. The number of aliphatic hydroxyl groups excluding tert-OH is 1. The molecule has 1 N–H and O–H groups in total. The van der Waals surface area contributed by atoms with E-state index in [2.05, 4.69) is 5.10 Å². The zero-order valence-corrected chi connectivity index (χ0v) is 18.6. The van der Waals surface area contributed by atoms with E-state index in [0.29, 0.717) is 35.9 Å². The van der Waals surface area contributed by atoms with E-state index >= 15 is 0 Å². The van der Waals surface area contributed by atoms with E-state index in [0.717, 1.165) is 5.69 Å². The Morgan fingerprint density at radius 1 is 1.12 bits per heavy atom. The largest absolute Gasteiger partial charge is 0.507 e. The molecule has 0 spiro atoms. The molecule has 1 aliphatic rings. The van der Waals surface area contributed by atoms with Crippen molar-refractivity contribution in [3.05, 3.63) is 77.0 Å². The Hall–Kier alpha value is -3.65. The van der Waals surface area contributed by atoms with Gasteiger partial charge in [-0.15, -0.1) is 0 Å². The molecule has 0 bridgehead atoms. The van der Waals surface area contributed by atoms with E-state index < -0.39 is 17.7 Å². The number of nitrogens with zero attached hydrogens (tertiary/aromatic N) is 4. The van der Waals surface area contributed by atoms with Gasteiger partial charge in [0, 0.05) is 13.1 Å². The lowest BCUT2D eigenvalue weighted by Crippen LogP contribution is -2.35. The Kier molecular flexibility index (Phi) is 5.71. The number of furan rings is 1. The van der Waals surface area contributed by atoms with Gasteiger partial charge in [-0.1, -0.05) is 18.2 Å². The lowest BCUT2D eigenvalue weighted by atomic mass is 9.99. The minimum absolute atomic E-state index is 0.0128. The number of hydrogen-bond donors (Lipinski definition) is 1. The van der Waals surface area contributed by atoms with E-state index in [1.807, 2.05) is 56.3 Å². The number of rotatable bonds is 6. The van der Waals surface area contributed by atoms with Gasteiger partial charge in [0.1, 0.15) is 23.3 Å². The number of likely N-dealkylation sites (tertiary alicyclic amines) is 1. The van der Waals surface area contributed by atoms with Crippen LogP contribution in [0, 0.1) is 13.8 Å². The fourth-order valence-corrected chi connectivity index (χ4v) is 3.93. The molecule has 1 amide bonds. The molecule has 0 radical (unpaired) electrons. The SMILES string of the molecule is Cc1ccc([C@H]2/C(=C(\O)c3cnn(-c4ccccc4)c3C)C(=O)C(=O)N2CCN(C)C)o1. The second-order valence-electron chi connectivity index (χ2n) is 8.14. The van der Waals surface area contributed by atoms with E-state index in [1.54, 1.807) is 23.7 Å². The number of hydrogen-bond acceptors (Lipinski definition) is 6. The summed E-state index contributed by atoms with van der Waals surface area (Å²) in [7, 11) is 3.79. The van der Waals surface area contributed by atoms with E-state index in [-0.39, 0.29) is 11.3 Å². The predicted molar refractivity (Wildman–Crippen MR) is 119 cm³/mol. The lowest BCUT2D eigenvalue weighted by Gasteiger charge is -2.24. The summed E-state index contributed by atoms with van der Waals surface area (Å²) in [5, 5.41) is 15.6. The number of aromatic nitrogens is 2. The van der Waals surface area contributed by atoms with E-state index in [9.17, 15) is 14.7 Å². The highest BCUT2D eigenvalue weighted by atomic mass is 16.3. The number of aryl methyl sites for hydroxylation is 1. The number of ketones is 1. The van der Waals surface area contributed by atoms with Crippen molar-refractivity contribution in [3.8, 4) is 5.69 Å². The highest BCUT2D eigenvalue weighted by Gasteiger charge is 2.47. The van der Waals surface area contributed by atoms with Crippen LogP contribution >= 0.6 is 0 Å². The van der Waals surface area contributed by atoms with E-state index in [1.165, 1.54) is 11.1 Å². The average Bonchev–Trinajstić information content (AvgIpc) is 3.43. The molecule has 32 heavy (non-hydrogen) atoms. The number of benzene rings is 1. The lowest BCUT2D eigenvalue weighted by molar-refractivity contribution is -0.140. The molecule has 2 aromatic heterocycles. The minimum Gasteiger partial charge on any atom is -0.507 e. The molecule has 3 aromatic rings. The van der Waals surface area contributed by atoms with Gasteiger partial charge in [-0.05, 0) is 52.2 Å². The molecule has 3 heterocycles. The third-order valence-electron chi connectivity index (χ3n) is 5.62. The van der Waals surface area contributed by atoms with Crippen LogP contribution in [-0.4, -0.2) is 63.6 Å². The zero-order chi connectivity index (χ0) is 23.0. The highest BCUT2D eigenvalue weighted by molar-refractivity contribution is 6.46. The molecule has 8 nitrogen and oxygen atoms in total. The van der Waals surface area contributed by atoms with Gasteiger partial charge in [0.05, 0.1) is 28.7 Å². The maximum atomic E-state index is 13.1. The summed E-state index contributed by atoms with van der Waals surface area (Å²) in [6.07, 6.45) is 1.51. The number of para-hydroxylation sites is 1. The molecular weight excluding hydrogens is 408 g/mol. The average molecular weight is 434 g/mol. The van der Waals surface area contributed by atoms with Crippen molar-refractivity contribution in [1.29, 1.82) is 0 Å². The number of Topliss-reactive ketones (excluding diaryl/α,β-unsaturated/α-hetero) is 1. The Morgan fingerprint density at radius 2 is 1.84 bits per heavy atom. The normalized spacial score (nSPS) is 18.2. The van der Waals surface area contributed by atoms with Crippen molar-refractivity contribution in [2.45, 2.75) is 19.9 Å². The van der Waals surface area contributed by atoms with Crippen LogP contribution in [0.25, 0.3) is 11.4 Å². The molecule has 0 aliphatic carbocycles. The van der Waals surface area contributed by atoms with Crippen molar-refractivity contribution >= 4 is 17.4 Å². The van der Waals surface area contributed by atoms with Crippen molar-refractivity contribution in [2.75, 3.05) is 27.2 Å². The summed E-state index contributed by atoms with van der Waals surface area (Å²) in [5.74, 6) is -0.538. The number of amides is 1. The van der Waals surface area contributed by atoms with Gasteiger partial charge in [-0.25, -0.2) is 4.68 Å². The second kappa shape index (κ2) is 8.47. The third-order valence-corrected chi connectivity index (χ3v) is 5.62. The molecule has 8 heteroatoms. The molecule has 1 aromatic carbocycles. The van der Waals surface area contributed by atoms with Crippen LogP contribution in [0.5, 0.6) is 0 Å². The Balaban J connectivity index is 1.83. The van der Waals surface area contributed by atoms with Crippen LogP contribution in [0.3, 0.4) is 0 Å². The Morgan fingerprint density at radius 3 is 2.47 bits per heavy atom. The van der Waals surface area contributed by atoms with Crippen LogP contribution in [0.4, 0.5) is 0 Å². The minimum atomic E-state index is -0.803. The van der Waals surface area contributed by atoms with Crippen molar-refractivity contribution < 1.29 is 19.1 Å². The number of aliphatic hydroxyl groups is 1. The molecule has 0 unspecified atom stereocenters. The van der Waals surface area contributed by atoms with E-state index in [4.69, 9.17) is 4.42 Å². The fourth-order valence-electron chi connectivity index (χ4n) is 3.93. The zero-order valence-electron chi connectivity index (χ0n) is 18.6. The summed E-state index contributed by atoms with van der Waals surface area (Å²) in [4.78, 5) is 29.4. The van der Waals surface area contributed by atoms with Gasteiger partial charge >= 0.3 is 0 Å². The van der Waals surface area contributed by atoms with Crippen LogP contribution in [0.1, 0.15) is 28.8 Å². The van der Waals surface area contributed by atoms with Gasteiger partial charge in [0.25, 0.3) is 11.7 Å². The Labute approximate surface area is 186 Å². The number of carbonyl (C=O) groups is 2. The summed E-state index contributed by atoms with van der Waals surface area (Å²) in [6, 6.07) is 12.2. The molecule has 1 fully saturated rings. The maximum absolute atomic E-state index is 13.1. The molecule has 0 saturated carbocycles. The molecular formula is C24H26N4O4. The monoisotopic (exact) mass is 434 g/mol. The summed E-state index contributed by atoms with van der Waals surface area (Å²) in [5.41, 5.74) is 1.89. The first-order valence-electron chi connectivity index (χ1n) is 10.4. The van der Waals surface area contributed by atoms with Crippen LogP contribution < -0.4 is 0 Å². The number of likely N-dealkylation sites (N-methyl/N-ethyl adjacent to an activating group) is 1. The van der Waals surface area contributed by atoms with Gasteiger partial charge in [-0.2, -0.15) is 5.10 Å². The molecule has 1 atom stereocenters. The molecule has 1 saturated heterocycles. The quantitative estimate of drug-likeness (QED) is 0.364. The summed E-state index contributed by atoms with van der Waals surface area (Å²) >= 11 is 0. The molecule has 166 valence electrons. The van der Waals surface area contributed by atoms with Crippen molar-refractivity contribution in [1.82, 2.24) is 19.6 Å². The van der Waals surface area contributed by atoms with Crippen LogP contribution in [0.2, 0.25) is 0 Å². The van der Waals surface area contributed by atoms with Gasteiger partial charge in [0.2, 0.25) is 0 Å². The maximum Gasteiger partial charge on any atom is 0.295 e.